The maximum atomic E-state index is 13.9. The summed E-state index contributed by atoms with van der Waals surface area (Å²) in [6, 6.07) is 41.7. The van der Waals surface area contributed by atoms with E-state index in [0.717, 1.165) is 49.6 Å². The first-order valence-electron chi connectivity index (χ1n) is 15.3. The second kappa shape index (κ2) is 12.7. The average molecular weight is 639 g/mol. The third-order valence-corrected chi connectivity index (χ3v) is 8.95. The number of rotatable bonds is 7. The van der Waals surface area contributed by atoms with Crippen molar-refractivity contribution in [1.29, 1.82) is 0 Å². The van der Waals surface area contributed by atoms with Gasteiger partial charge in [0, 0.05) is 38.9 Å². The SMILES string of the molecule is O=C([O-])CCCc1ccc(N2C(=O)c3cccc4c(-c5ccc6c(c5)c5ccccc5n6-c5ccccc5)ccc(c34)C2=O)cc1.[K+]. The second-order valence-electron chi connectivity index (χ2n) is 11.6. The van der Waals surface area contributed by atoms with Crippen LogP contribution in [0.1, 0.15) is 39.1 Å². The van der Waals surface area contributed by atoms with Gasteiger partial charge in [0.25, 0.3) is 11.8 Å². The predicted molar refractivity (Wildman–Crippen MR) is 179 cm³/mol. The van der Waals surface area contributed by atoms with E-state index in [9.17, 15) is 19.5 Å². The van der Waals surface area contributed by atoms with Crippen LogP contribution in [0.25, 0.3) is 49.4 Å². The molecule has 0 spiro atoms. The zero-order valence-electron chi connectivity index (χ0n) is 25.8. The number of imide groups is 1. The van der Waals surface area contributed by atoms with Crippen molar-refractivity contribution >= 4 is 56.0 Å². The minimum Gasteiger partial charge on any atom is -0.550 e. The van der Waals surface area contributed by atoms with E-state index in [1.807, 2.05) is 54.6 Å². The summed E-state index contributed by atoms with van der Waals surface area (Å²) in [5.74, 6) is -1.81. The normalized spacial score (nSPS) is 12.6. The molecule has 1 aliphatic heterocycles. The fraction of sp³-hybridized carbons (Fsp3) is 0.0750. The van der Waals surface area contributed by atoms with E-state index in [1.165, 1.54) is 4.90 Å². The molecule has 0 aliphatic carbocycles. The number of aryl methyl sites for hydroxylation is 1. The van der Waals surface area contributed by atoms with Crippen molar-refractivity contribution in [3.05, 3.63) is 144 Å². The number of carbonyl (C=O) groups excluding carboxylic acids is 3. The Labute approximate surface area is 313 Å². The third kappa shape index (κ3) is 5.34. The Bertz CT molecular complexity index is 2340. The number of carbonyl (C=O) groups is 3. The van der Waals surface area contributed by atoms with Crippen LogP contribution in [0.2, 0.25) is 0 Å². The molecule has 47 heavy (non-hydrogen) atoms. The van der Waals surface area contributed by atoms with Crippen molar-refractivity contribution in [3.63, 3.8) is 0 Å². The van der Waals surface area contributed by atoms with Gasteiger partial charge in [0.15, 0.2) is 0 Å². The number of hydrogen-bond donors (Lipinski definition) is 0. The van der Waals surface area contributed by atoms with E-state index in [4.69, 9.17) is 0 Å². The van der Waals surface area contributed by atoms with Crippen LogP contribution >= 0.6 is 0 Å². The van der Waals surface area contributed by atoms with Gasteiger partial charge in [0.1, 0.15) is 0 Å². The number of carboxylic acids is 1. The molecule has 1 aliphatic rings. The zero-order valence-corrected chi connectivity index (χ0v) is 28.9. The van der Waals surface area contributed by atoms with Gasteiger partial charge in [0.2, 0.25) is 0 Å². The quantitative estimate of drug-likeness (QED) is 0.191. The van der Waals surface area contributed by atoms with Crippen molar-refractivity contribution in [2.45, 2.75) is 19.3 Å². The maximum absolute atomic E-state index is 13.9. The number of anilines is 1. The smallest absolute Gasteiger partial charge is 0.550 e. The van der Waals surface area contributed by atoms with Crippen molar-refractivity contribution in [2.24, 2.45) is 0 Å². The van der Waals surface area contributed by atoms with Crippen LogP contribution in [0.5, 0.6) is 0 Å². The van der Waals surface area contributed by atoms with E-state index in [0.29, 0.717) is 35.0 Å². The molecule has 6 aromatic carbocycles. The third-order valence-electron chi connectivity index (χ3n) is 8.95. The summed E-state index contributed by atoms with van der Waals surface area (Å²) in [5, 5.41) is 14.5. The number of para-hydroxylation sites is 2. The van der Waals surface area contributed by atoms with Gasteiger partial charge in [-0.15, -0.1) is 0 Å². The number of benzene rings is 6. The summed E-state index contributed by atoms with van der Waals surface area (Å²) >= 11 is 0. The van der Waals surface area contributed by atoms with E-state index in [2.05, 4.69) is 59.2 Å². The number of hydrogen-bond acceptors (Lipinski definition) is 4. The van der Waals surface area contributed by atoms with E-state index < -0.39 is 5.97 Å². The minimum absolute atomic E-state index is 0. The van der Waals surface area contributed by atoms with E-state index in [1.54, 1.807) is 18.2 Å². The van der Waals surface area contributed by atoms with Crippen LogP contribution in [0.3, 0.4) is 0 Å². The van der Waals surface area contributed by atoms with Gasteiger partial charge in [-0.05, 0) is 95.9 Å². The number of carboxylic acid groups (broad SMARTS) is 1. The van der Waals surface area contributed by atoms with Gasteiger partial charge in [0.05, 0.1) is 16.7 Å². The zero-order chi connectivity index (χ0) is 31.4. The number of amides is 2. The molecule has 0 saturated carbocycles. The van der Waals surface area contributed by atoms with Crippen LogP contribution in [0, 0.1) is 0 Å². The van der Waals surface area contributed by atoms with Crippen LogP contribution in [-0.4, -0.2) is 22.4 Å². The van der Waals surface area contributed by atoms with Gasteiger partial charge < -0.3 is 14.5 Å². The summed E-state index contributed by atoms with van der Waals surface area (Å²) in [6.45, 7) is 0. The summed E-state index contributed by atoms with van der Waals surface area (Å²) in [5.41, 5.74) is 7.64. The Hall–Kier alpha value is -4.37. The Morgan fingerprint density at radius 1 is 0.596 bits per heavy atom. The molecule has 222 valence electrons. The Morgan fingerprint density at radius 3 is 2.02 bits per heavy atom. The fourth-order valence-electron chi connectivity index (χ4n) is 6.83. The van der Waals surface area contributed by atoms with Gasteiger partial charge in [-0.3, -0.25) is 9.59 Å². The van der Waals surface area contributed by atoms with Crippen LogP contribution in [0.15, 0.2) is 127 Å². The number of nitrogens with zero attached hydrogens (tertiary/aromatic N) is 2. The Kier molecular flexibility index (Phi) is 8.42. The van der Waals surface area contributed by atoms with Crippen molar-refractivity contribution in [1.82, 2.24) is 4.57 Å². The number of fused-ring (bicyclic) bond motifs is 3. The van der Waals surface area contributed by atoms with Gasteiger partial charge in [-0.1, -0.05) is 72.8 Å². The summed E-state index contributed by atoms with van der Waals surface area (Å²) < 4.78 is 2.28. The minimum atomic E-state index is -1.08. The first-order chi connectivity index (χ1) is 22.5. The molecule has 2 amide bonds. The summed E-state index contributed by atoms with van der Waals surface area (Å²) in [4.78, 5) is 39.8. The largest absolute Gasteiger partial charge is 1.00 e. The maximum Gasteiger partial charge on any atom is 1.00 e. The molecule has 7 heteroatoms. The second-order valence-corrected chi connectivity index (χ2v) is 11.6. The molecule has 8 rings (SSSR count). The molecule has 7 aromatic rings. The van der Waals surface area contributed by atoms with Crippen LogP contribution in [0.4, 0.5) is 5.69 Å². The molecule has 0 N–H and O–H groups in total. The summed E-state index contributed by atoms with van der Waals surface area (Å²) in [6.07, 6.45) is 1.01. The average Bonchev–Trinajstić information content (AvgIpc) is 3.41. The molecule has 2 heterocycles. The molecule has 0 bridgehead atoms. The van der Waals surface area contributed by atoms with Gasteiger partial charge in [-0.2, -0.15) is 0 Å². The first-order valence-corrected chi connectivity index (χ1v) is 15.3. The van der Waals surface area contributed by atoms with Gasteiger partial charge in [-0.25, -0.2) is 4.90 Å². The van der Waals surface area contributed by atoms with Gasteiger partial charge >= 0.3 is 51.4 Å². The molecular weight excluding hydrogens is 612 g/mol. The Balaban J connectivity index is 0.00000351. The molecule has 0 saturated heterocycles. The first kappa shape index (κ1) is 31.2. The van der Waals surface area contributed by atoms with Crippen molar-refractivity contribution < 1.29 is 70.9 Å². The number of aliphatic carboxylic acids is 1. The Morgan fingerprint density at radius 2 is 1.26 bits per heavy atom. The number of aromatic nitrogens is 1. The molecule has 1 aromatic heterocycles. The molecular formula is C40H27KN2O4. The molecule has 0 radical (unpaired) electrons. The van der Waals surface area contributed by atoms with E-state index in [-0.39, 0.29) is 69.6 Å². The van der Waals surface area contributed by atoms with Crippen molar-refractivity contribution in [3.8, 4) is 16.8 Å². The predicted octanol–water partition coefficient (Wildman–Crippen LogP) is 4.48. The van der Waals surface area contributed by atoms with E-state index >= 15 is 0 Å². The van der Waals surface area contributed by atoms with Crippen molar-refractivity contribution in [2.75, 3.05) is 4.90 Å². The molecule has 0 fully saturated rings. The van der Waals surface area contributed by atoms with Crippen LogP contribution in [-0.2, 0) is 11.2 Å². The monoisotopic (exact) mass is 638 g/mol. The topological polar surface area (TPSA) is 82.4 Å². The summed E-state index contributed by atoms with van der Waals surface area (Å²) in [7, 11) is 0. The molecule has 0 atom stereocenters. The fourth-order valence-corrected chi connectivity index (χ4v) is 6.83. The molecule has 6 nitrogen and oxygen atoms in total. The standard InChI is InChI=1S/C40H28N2O4.K/c43-37(44)15-6-8-25-16-19-28(20-17-25)42-39(45)32-13-7-12-31-29(21-22-33(38(31)32)40(42)46)26-18-23-36-34(24-26)30-11-4-5-14-35(30)41(36)27-9-2-1-3-10-27;/h1-5,7,9-14,16-24H,6,8,15H2,(H,43,44);/q;+1/p-1. The molecule has 0 unspecified atom stereocenters. The van der Waals surface area contributed by atoms with Crippen LogP contribution < -0.4 is 61.4 Å².